The normalized spacial score (nSPS) is 30.1. The minimum atomic E-state index is 0.314. The fourth-order valence-electron chi connectivity index (χ4n) is 3.79. The third-order valence-corrected chi connectivity index (χ3v) is 5.27. The first-order valence-corrected chi connectivity index (χ1v) is 8.27. The first-order chi connectivity index (χ1) is 8.97. The zero-order chi connectivity index (χ0) is 13.9. The van der Waals surface area contributed by atoms with Crippen molar-refractivity contribution in [2.24, 2.45) is 17.3 Å². The van der Waals surface area contributed by atoms with Crippen molar-refractivity contribution in [3.63, 3.8) is 0 Å². The van der Waals surface area contributed by atoms with E-state index in [1.165, 1.54) is 44.9 Å². The van der Waals surface area contributed by atoms with Crippen LogP contribution in [0.3, 0.4) is 0 Å². The van der Waals surface area contributed by atoms with Crippen molar-refractivity contribution >= 4 is 5.91 Å². The second-order valence-corrected chi connectivity index (χ2v) is 7.76. The molecular formula is C17H31NO. The summed E-state index contributed by atoms with van der Waals surface area (Å²) in [4.78, 5) is 12.2. The number of amides is 1. The van der Waals surface area contributed by atoms with Crippen molar-refractivity contribution in [3.8, 4) is 0 Å². The van der Waals surface area contributed by atoms with E-state index in [4.69, 9.17) is 0 Å². The Labute approximate surface area is 118 Å². The highest BCUT2D eigenvalue weighted by molar-refractivity contribution is 5.79. The maximum atomic E-state index is 12.2. The Morgan fingerprint density at radius 2 is 1.47 bits per heavy atom. The van der Waals surface area contributed by atoms with Gasteiger partial charge < -0.3 is 5.32 Å². The molecule has 0 aromatic rings. The summed E-state index contributed by atoms with van der Waals surface area (Å²) in [5.74, 6) is 1.49. The third kappa shape index (κ3) is 4.22. The van der Waals surface area contributed by atoms with E-state index in [9.17, 15) is 4.79 Å². The fraction of sp³-hybridized carbons (Fsp3) is 0.941. The van der Waals surface area contributed by atoms with Crippen LogP contribution in [-0.2, 0) is 4.79 Å². The third-order valence-electron chi connectivity index (χ3n) is 5.27. The molecule has 0 bridgehead atoms. The van der Waals surface area contributed by atoms with Gasteiger partial charge in [0.15, 0.2) is 0 Å². The summed E-state index contributed by atoms with van der Waals surface area (Å²) in [6.07, 6.45) is 11.0. The van der Waals surface area contributed by atoms with Crippen LogP contribution in [0.25, 0.3) is 0 Å². The number of hydrogen-bond donors (Lipinski definition) is 1. The van der Waals surface area contributed by atoms with E-state index in [0.29, 0.717) is 23.3 Å². The molecule has 0 saturated heterocycles. The average molecular weight is 265 g/mol. The van der Waals surface area contributed by atoms with Crippen molar-refractivity contribution in [2.75, 3.05) is 0 Å². The van der Waals surface area contributed by atoms with Gasteiger partial charge in [-0.05, 0) is 49.9 Å². The lowest BCUT2D eigenvalue weighted by Crippen LogP contribution is -2.42. The van der Waals surface area contributed by atoms with E-state index in [1.54, 1.807) is 0 Å². The first kappa shape index (κ1) is 14.9. The van der Waals surface area contributed by atoms with E-state index in [1.807, 2.05) is 0 Å². The van der Waals surface area contributed by atoms with Gasteiger partial charge in [-0.1, -0.05) is 40.0 Å². The maximum absolute atomic E-state index is 12.2. The predicted octanol–water partition coefficient (Wildman–Crippen LogP) is 4.29. The quantitative estimate of drug-likeness (QED) is 0.793. The molecule has 2 fully saturated rings. The summed E-state index contributed by atoms with van der Waals surface area (Å²) in [7, 11) is 0. The van der Waals surface area contributed by atoms with Gasteiger partial charge in [-0.15, -0.1) is 0 Å². The molecule has 1 N–H and O–H groups in total. The molecule has 2 heteroatoms. The Bertz CT molecular complexity index is 291. The van der Waals surface area contributed by atoms with Crippen LogP contribution in [0.4, 0.5) is 0 Å². The number of hydrogen-bond acceptors (Lipinski definition) is 1. The minimum absolute atomic E-state index is 0.314. The summed E-state index contributed by atoms with van der Waals surface area (Å²) < 4.78 is 0. The van der Waals surface area contributed by atoms with E-state index < -0.39 is 0 Å². The monoisotopic (exact) mass is 265 g/mol. The molecule has 0 atom stereocenters. The molecule has 0 aromatic carbocycles. The van der Waals surface area contributed by atoms with Crippen LogP contribution in [0.2, 0.25) is 0 Å². The van der Waals surface area contributed by atoms with Gasteiger partial charge in [-0.25, -0.2) is 0 Å². The molecule has 2 nitrogen and oxygen atoms in total. The van der Waals surface area contributed by atoms with Gasteiger partial charge in [0, 0.05) is 12.0 Å². The molecule has 0 heterocycles. The standard InChI is InChI=1S/C17H31NO/c1-17(2,3)14-9-11-15(12-10-14)18-16(19)13-7-5-4-6-8-13/h13-15H,4-12H2,1-3H3,(H,18,19). The zero-order valence-corrected chi connectivity index (χ0v) is 13.0. The van der Waals surface area contributed by atoms with Crippen LogP contribution in [-0.4, -0.2) is 11.9 Å². The lowest BCUT2D eigenvalue weighted by Gasteiger charge is -2.37. The summed E-state index contributed by atoms with van der Waals surface area (Å²) in [5, 5.41) is 3.32. The summed E-state index contributed by atoms with van der Waals surface area (Å²) in [6.45, 7) is 7.04. The second-order valence-electron chi connectivity index (χ2n) is 7.76. The minimum Gasteiger partial charge on any atom is -0.353 e. The Morgan fingerprint density at radius 1 is 0.895 bits per heavy atom. The molecule has 1 amide bonds. The smallest absolute Gasteiger partial charge is 0.223 e. The van der Waals surface area contributed by atoms with Crippen molar-refractivity contribution < 1.29 is 4.79 Å². The van der Waals surface area contributed by atoms with Crippen molar-refractivity contribution in [1.82, 2.24) is 5.32 Å². The maximum Gasteiger partial charge on any atom is 0.223 e. The summed E-state index contributed by atoms with van der Waals surface area (Å²) in [6, 6.07) is 0.452. The molecule has 0 unspecified atom stereocenters. The molecule has 2 aliphatic rings. The fourth-order valence-corrected chi connectivity index (χ4v) is 3.79. The average Bonchev–Trinajstić information content (AvgIpc) is 2.39. The lowest BCUT2D eigenvalue weighted by molar-refractivity contribution is -0.127. The second kappa shape index (κ2) is 6.28. The molecule has 0 spiro atoms. The van der Waals surface area contributed by atoms with Gasteiger partial charge in [0.1, 0.15) is 0 Å². The van der Waals surface area contributed by atoms with Crippen LogP contribution >= 0.6 is 0 Å². The highest BCUT2D eigenvalue weighted by Crippen LogP contribution is 2.37. The molecular weight excluding hydrogens is 234 g/mol. The van der Waals surface area contributed by atoms with Gasteiger partial charge in [-0.2, -0.15) is 0 Å². The molecule has 2 aliphatic carbocycles. The molecule has 0 aliphatic heterocycles. The SMILES string of the molecule is CC(C)(C)C1CCC(NC(=O)C2CCCCC2)CC1. The van der Waals surface area contributed by atoms with E-state index >= 15 is 0 Å². The van der Waals surface area contributed by atoms with Crippen LogP contribution < -0.4 is 5.32 Å². The van der Waals surface area contributed by atoms with Crippen LogP contribution in [0.5, 0.6) is 0 Å². The van der Waals surface area contributed by atoms with Crippen molar-refractivity contribution in [3.05, 3.63) is 0 Å². The van der Waals surface area contributed by atoms with Crippen molar-refractivity contribution in [2.45, 2.75) is 84.6 Å². The number of nitrogens with one attached hydrogen (secondary N) is 1. The van der Waals surface area contributed by atoms with Gasteiger partial charge in [-0.3, -0.25) is 4.79 Å². The molecule has 110 valence electrons. The van der Waals surface area contributed by atoms with Gasteiger partial charge in [0.25, 0.3) is 0 Å². The van der Waals surface area contributed by atoms with E-state index in [-0.39, 0.29) is 0 Å². The number of rotatable bonds is 2. The number of carbonyl (C=O) groups is 1. The van der Waals surface area contributed by atoms with E-state index in [2.05, 4.69) is 26.1 Å². The van der Waals surface area contributed by atoms with Crippen LogP contribution in [0.15, 0.2) is 0 Å². The lowest BCUT2D eigenvalue weighted by atomic mass is 9.71. The van der Waals surface area contributed by atoms with Crippen LogP contribution in [0, 0.1) is 17.3 Å². The van der Waals surface area contributed by atoms with Crippen molar-refractivity contribution in [1.29, 1.82) is 0 Å². The Balaban J connectivity index is 1.74. The topological polar surface area (TPSA) is 29.1 Å². The molecule has 2 rings (SSSR count). The molecule has 2 saturated carbocycles. The largest absolute Gasteiger partial charge is 0.353 e. The molecule has 19 heavy (non-hydrogen) atoms. The summed E-state index contributed by atoms with van der Waals surface area (Å²) >= 11 is 0. The van der Waals surface area contributed by atoms with Gasteiger partial charge in [0.05, 0.1) is 0 Å². The Hall–Kier alpha value is -0.530. The Morgan fingerprint density at radius 3 is 2.00 bits per heavy atom. The predicted molar refractivity (Wildman–Crippen MR) is 79.9 cm³/mol. The van der Waals surface area contributed by atoms with Crippen LogP contribution in [0.1, 0.15) is 78.6 Å². The highest BCUT2D eigenvalue weighted by atomic mass is 16.1. The first-order valence-electron chi connectivity index (χ1n) is 8.27. The zero-order valence-electron chi connectivity index (χ0n) is 13.0. The molecule has 0 radical (unpaired) electrons. The number of carbonyl (C=O) groups excluding carboxylic acids is 1. The molecule has 0 aromatic heterocycles. The Kier molecular flexibility index (Phi) is 4.92. The van der Waals surface area contributed by atoms with Gasteiger partial charge >= 0.3 is 0 Å². The summed E-state index contributed by atoms with van der Waals surface area (Å²) in [5.41, 5.74) is 0.429. The van der Waals surface area contributed by atoms with E-state index in [0.717, 1.165) is 18.8 Å². The van der Waals surface area contributed by atoms with Gasteiger partial charge in [0.2, 0.25) is 5.91 Å². The highest BCUT2D eigenvalue weighted by Gasteiger charge is 2.31.